The largest absolute Gasteiger partial charge is 0.477 e. The van der Waals surface area contributed by atoms with Crippen molar-refractivity contribution in [3.05, 3.63) is 33.9 Å². The fourth-order valence-corrected chi connectivity index (χ4v) is 2.03. The van der Waals surface area contributed by atoms with Gasteiger partial charge < -0.3 is 10.0 Å². The zero-order valence-corrected chi connectivity index (χ0v) is 10.8. The highest BCUT2D eigenvalue weighted by Crippen LogP contribution is 2.33. The van der Waals surface area contributed by atoms with Gasteiger partial charge in [-0.25, -0.2) is 4.79 Å². The lowest BCUT2D eigenvalue weighted by atomic mass is 10.1. The highest BCUT2D eigenvalue weighted by Gasteiger charge is 2.26. The van der Waals surface area contributed by atoms with E-state index in [1.807, 2.05) is 4.90 Å². The van der Waals surface area contributed by atoms with Gasteiger partial charge >= 0.3 is 5.97 Å². The first-order valence-electron chi connectivity index (χ1n) is 6.23. The number of hydrogen-bond acceptors (Lipinski definition) is 4. The van der Waals surface area contributed by atoms with Crippen molar-refractivity contribution in [2.24, 2.45) is 5.92 Å². The molecule has 0 aromatic heterocycles. The molecule has 1 fully saturated rings. The van der Waals surface area contributed by atoms with E-state index in [1.54, 1.807) is 6.07 Å². The number of nitro benzene ring substituents is 1. The van der Waals surface area contributed by atoms with Gasteiger partial charge in [-0.1, -0.05) is 5.92 Å². The molecule has 0 amide bonds. The molecule has 0 radical (unpaired) electrons. The Labute approximate surface area is 116 Å². The summed E-state index contributed by atoms with van der Waals surface area (Å²) in [6, 6.07) is 4.10. The van der Waals surface area contributed by atoms with Crippen molar-refractivity contribution in [1.29, 1.82) is 0 Å². The molecule has 0 spiro atoms. The van der Waals surface area contributed by atoms with Crippen LogP contribution in [0.15, 0.2) is 18.2 Å². The van der Waals surface area contributed by atoms with Crippen molar-refractivity contribution in [2.75, 3.05) is 18.0 Å². The molecule has 0 unspecified atom stereocenters. The van der Waals surface area contributed by atoms with Gasteiger partial charge in [0, 0.05) is 18.3 Å². The van der Waals surface area contributed by atoms with Gasteiger partial charge in [0.15, 0.2) is 0 Å². The highest BCUT2D eigenvalue weighted by molar-refractivity contribution is 5.93. The minimum absolute atomic E-state index is 0.314. The summed E-state index contributed by atoms with van der Waals surface area (Å²) in [7, 11) is 0. The number of nitrogens with zero attached hydrogens (tertiary/aromatic N) is 2. The Bertz CT molecular complexity index is 587. The summed E-state index contributed by atoms with van der Waals surface area (Å²) in [6.45, 7) is 1.09. The molecule has 104 valence electrons. The third-order valence-electron chi connectivity index (χ3n) is 3.23. The van der Waals surface area contributed by atoms with Crippen LogP contribution in [-0.4, -0.2) is 29.1 Å². The molecule has 1 saturated carbocycles. The fraction of sp³-hybridized carbons (Fsp3) is 0.357. The molecular weight excluding hydrogens is 260 g/mol. The van der Waals surface area contributed by atoms with Gasteiger partial charge in [-0.3, -0.25) is 10.1 Å². The standard InChI is InChI=1S/C14H14N2O4/c1-2-7-15(9-10-3-4-10)11-5-6-12(14(17)18)13(8-11)16(19)20/h1,5-6,8,10H,3-4,7,9H2,(H,17,18). The van der Waals surface area contributed by atoms with Gasteiger partial charge in [-0.2, -0.15) is 0 Å². The number of hydrogen-bond donors (Lipinski definition) is 1. The van der Waals surface area contributed by atoms with Crippen LogP contribution in [0.25, 0.3) is 0 Å². The summed E-state index contributed by atoms with van der Waals surface area (Å²) < 4.78 is 0. The second-order valence-corrected chi connectivity index (χ2v) is 4.79. The van der Waals surface area contributed by atoms with E-state index in [4.69, 9.17) is 11.5 Å². The average molecular weight is 274 g/mol. The molecule has 1 aromatic carbocycles. The summed E-state index contributed by atoms with van der Waals surface area (Å²) in [5, 5.41) is 19.9. The zero-order valence-electron chi connectivity index (χ0n) is 10.8. The first kappa shape index (κ1) is 13.9. The van der Waals surface area contributed by atoms with Gasteiger partial charge in [-0.15, -0.1) is 6.42 Å². The van der Waals surface area contributed by atoms with Crippen molar-refractivity contribution in [1.82, 2.24) is 0 Å². The summed E-state index contributed by atoms with van der Waals surface area (Å²) in [6.07, 6.45) is 7.59. The van der Waals surface area contributed by atoms with E-state index in [2.05, 4.69) is 5.92 Å². The van der Waals surface area contributed by atoms with Crippen LogP contribution in [0.5, 0.6) is 0 Å². The van der Waals surface area contributed by atoms with E-state index < -0.39 is 16.6 Å². The van der Waals surface area contributed by atoms with Crippen molar-refractivity contribution in [3.63, 3.8) is 0 Å². The number of nitro groups is 1. The number of rotatable bonds is 6. The van der Waals surface area contributed by atoms with Crippen LogP contribution in [0.1, 0.15) is 23.2 Å². The third kappa shape index (κ3) is 3.06. The lowest BCUT2D eigenvalue weighted by Crippen LogP contribution is -2.26. The van der Waals surface area contributed by atoms with Crippen molar-refractivity contribution < 1.29 is 14.8 Å². The number of anilines is 1. The molecule has 0 aliphatic heterocycles. The summed E-state index contributed by atoms with van der Waals surface area (Å²) >= 11 is 0. The molecule has 1 aliphatic rings. The maximum atomic E-state index is 11.0. The van der Waals surface area contributed by atoms with Gasteiger partial charge in [0.1, 0.15) is 5.56 Å². The zero-order chi connectivity index (χ0) is 14.7. The average Bonchev–Trinajstić information content (AvgIpc) is 3.21. The molecule has 6 nitrogen and oxygen atoms in total. The molecule has 1 aromatic rings. The summed E-state index contributed by atoms with van der Waals surface area (Å²) in [5.74, 6) is 1.78. The number of carbonyl (C=O) groups is 1. The number of aromatic carboxylic acids is 1. The maximum Gasteiger partial charge on any atom is 0.342 e. The Hall–Kier alpha value is -2.55. The molecule has 2 rings (SSSR count). The molecule has 0 bridgehead atoms. The normalized spacial score (nSPS) is 13.6. The Morgan fingerprint density at radius 3 is 2.75 bits per heavy atom. The van der Waals surface area contributed by atoms with E-state index in [1.165, 1.54) is 12.1 Å². The van der Waals surface area contributed by atoms with Gasteiger partial charge in [-0.05, 0) is 30.9 Å². The number of terminal acetylenes is 1. The van der Waals surface area contributed by atoms with Crippen LogP contribution in [0, 0.1) is 28.4 Å². The summed E-state index contributed by atoms with van der Waals surface area (Å²) in [5.41, 5.74) is -0.134. The number of benzene rings is 1. The first-order valence-corrected chi connectivity index (χ1v) is 6.23. The predicted molar refractivity (Wildman–Crippen MR) is 73.8 cm³/mol. The molecule has 0 atom stereocenters. The molecule has 20 heavy (non-hydrogen) atoms. The molecular formula is C14H14N2O4. The molecule has 0 heterocycles. The van der Waals surface area contributed by atoms with Crippen LogP contribution in [0.2, 0.25) is 0 Å². The Morgan fingerprint density at radius 1 is 1.55 bits per heavy atom. The lowest BCUT2D eigenvalue weighted by molar-refractivity contribution is -0.385. The number of carboxylic acids is 1. The van der Waals surface area contributed by atoms with E-state index in [0.717, 1.165) is 19.4 Å². The predicted octanol–water partition coefficient (Wildman–Crippen LogP) is 2.14. The monoisotopic (exact) mass is 274 g/mol. The topological polar surface area (TPSA) is 83.7 Å². The fourth-order valence-electron chi connectivity index (χ4n) is 2.03. The van der Waals surface area contributed by atoms with E-state index in [-0.39, 0.29) is 5.56 Å². The molecule has 1 N–H and O–H groups in total. The van der Waals surface area contributed by atoms with E-state index in [0.29, 0.717) is 18.2 Å². The Morgan fingerprint density at radius 2 is 2.25 bits per heavy atom. The van der Waals surface area contributed by atoms with Crippen LogP contribution >= 0.6 is 0 Å². The van der Waals surface area contributed by atoms with Crippen LogP contribution < -0.4 is 4.90 Å². The number of carboxylic acid groups (broad SMARTS) is 1. The van der Waals surface area contributed by atoms with Gasteiger partial charge in [0.25, 0.3) is 5.69 Å². The second-order valence-electron chi connectivity index (χ2n) is 4.79. The second kappa shape index (κ2) is 5.61. The smallest absolute Gasteiger partial charge is 0.342 e. The van der Waals surface area contributed by atoms with Crippen LogP contribution in [0.4, 0.5) is 11.4 Å². The van der Waals surface area contributed by atoms with Crippen molar-refractivity contribution in [2.45, 2.75) is 12.8 Å². The Balaban J connectivity index is 2.34. The minimum Gasteiger partial charge on any atom is -0.477 e. The van der Waals surface area contributed by atoms with Crippen LogP contribution in [-0.2, 0) is 0 Å². The highest BCUT2D eigenvalue weighted by atomic mass is 16.6. The quantitative estimate of drug-likeness (QED) is 0.488. The Kier molecular flexibility index (Phi) is 3.89. The van der Waals surface area contributed by atoms with E-state index >= 15 is 0 Å². The lowest BCUT2D eigenvalue weighted by Gasteiger charge is -2.22. The molecule has 6 heteroatoms. The van der Waals surface area contributed by atoms with Gasteiger partial charge in [0.2, 0.25) is 0 Å². The molecule has 1 aliphatic carbocycles. The maximum absolute atomic E-state index is 11.0. The van der Waals surface area contributed by atoms with Gasteiger partial charge in [0.05, 0.1) is 11.5 Å². The first-order chi connectivity index (χ1) is 9.52. The van der Waals surface area contributed by atoms with E-state index in [9.17, 15) is 14.9 Å². The minimum atomic E-state index is -1.31. The SMILES string of the molecule is C#CCN(CC1CC1)c1ccc(C(=O)O)c([N+](=O)[O-])c1. The molecule has 0 saturated heterocycles. The van der Waals surface area contributed by atoms with Crippen molar-refractivity contribution in [3.8, 4) is 12.3 Å². The van der Waals surface area contributed by atoms with Crippen LogP contribution in [0.3, 0.4) is 0 Å². The third-order valence-corrected chi connectivity index (χ3v) is 3.23. The summed E-state index contributed by atoms with van der Waals surface area (Å²) in [4.78, 5) is 23.1. The van der Waals surface area contributed by atoms with Crippen molar-refractivity contribution >= 4 is 17.3 Å².